The summed E-state index contributed by atoms with van der Waals surface area (Å²) in [5.41, 5.74) is 2.39. The van der Waals surface area contributed by atoms with Gasteiger partial charge >= 0.3 is 0 Å². The fourth-order valence-corrected chi connectivity index (χ4v) is 6.66. The molecule has 2 saturated heterocycles. The van der Waals surface area contributed by atoms with Crippen LogP contribution in [0.1, 0.15) is 26.7 Å². The summed E-state index contributed by atoms with van der Waals surface area (Å²) >= 11 is 0. The van der Waals surface area contributed by atoms with Crippen molar-refractivity contribution in [3.63, 3.8) is 0 Å². The smallest absolute Gasteiger partial charge is 0.243 e. The second-order valence-electron chi connectivity index (χ2n) is 10.3. The third-order valence-corrected chi connectivity index (χ3v) is 9.18. The van der Waals surface area contributed by atoms with Gasteiger partial charge in [-0.3, -0.25) is 4.90 Å². The van der Waals surface area contributed by atoms with Crippen molar-refractivity contribution >= 4 is 38.2 Å². The first-order chi connectivity index (χ1) is 18.3. The van der Waals surface area contributed by atoms with Crippen molar-refractivity contribution in [2.24, 2.45) is 5.92 Å². The van der Waals surface area contributed by atoms with Crippen LogP contribution in [-0.4, -0.2) is 86.7 Å². The molecule has 0 radical (unpaired) electrons. The molecule has 206 valence electrons. The van der Waals surface area contributed by atoms with Crippen molar-refractivity contribution in [1.82, 2.24) is 19.2 Å². The number of pyridine rings is 1. The van der Waals surface area contributed by atoms with Crippen LogP contribution in [0, 0.1) is 5.92 Å². The number of anilines is 3. The summed E-state index contributed by atoms with van der Waals surface area (Å²) in [5, 5.41) is 7.82. The molecule has 4 heterocycles. The van der Waals surface area contributed by atoms with Crippen molar-refractivity contribution in [1.29, 1.82) is 0 Å². The molecule has 2 aliphatic rings. The van der Waals surface area contributed by atoms with Gasteiger partial charge < -0.3 is 25.1 Å². The molecule has 0 spiro atoms. The maximum absolute atomic E-state index is 13.5. The minimum absolute atomic E-state index is 0.233. The Labute approximate surface area is 224 Å². The predicted octanol–water partition coefficient (Wildman–Crippen LogP) is 3.87. The summed E-state index contributed by atoms with van der Waals surface area (Å²) in [7, 11) is -2.09. The van der Waals surface area contributed by atoms with E-state index in [2.05, 4.69) is 39.3 Å². The summed E-state index contributed by atoms with van der Waals surface area (Å²) < 4.78 is 39.6. The number of morpholine rings is 1. The second-order valence-corrected chi connectivity index (χ2v) is 12.3. The van der Waals surface area contributed by atoms with E-state index in [4.69, 9.17) is 9.47 Å². The summed E-state index contributed by atoms with van der Waals surface area (Å²) in [6.45, 7) is 9.53. The van der Waals surface area contributed by atoms with Crippen molar-refractivity contribution in [3.05, 3.63) is 36.5 Å². The quantitative estimate of drug-likeness (QED) is 0.374. The van der Waals surface area contributed by atoms with E-state index < -0.39 is 10.0 Å². The molecule has 2 aromatic heterocycles. The molecule has 0 aliphatic carbocycles. The highest BCUT2D eigenvalue weighted by molar-refractivity contribution is 7.89. The highest BCUT2D eigenvalue weighted by Crippen LogP contribution is 2.34. The van der Waals surface area contributed by atoms with Gasteiger partial charge in [0, 0.05) is 68.2 Å². The topological polar surface area (TPSA) is 112 Å². The van der Waals surface area contributed by atoms with Gasteiger partial charge in [-0.05, 0) is 37.0 Å². The van der Waals surface area contributed by atoms with E-state index in [0.29, 0.717) is 42.3 Å². The molecular formula is C27H38N6O4S. The zero-order valence-electron chi connectivity index (χ0n) is 22.4. The number of aromatic amines is 1. The lowest BCUT2D eigenvalue weighted by atomic mass is 10.0. The Morgan fingerprint density at radius 2 is 1.87 bits per heavy atom. The van der Waals surface area contributed by atoms with Gasteiger partial charge in [0.2, 0.25) is 10.0 Å². The molecule has 0 amide bonds. The Bertz CT molecular complexity index is 1340. The van der Waals surface area contributed by atoms with Crippen LogP contribution in [0.5, 0.6) is 5.75 Å². The Kier molecular flexibility index (Phi) is 8.08. The van der Waals surface area contributed by atoms with E-state index in [-0.39, 0.29) is 4.90 Å². The number of fused-ring (bicyclic) bond motifs is 1. The van der Waals surface area contributed by atoms with Crippen LogP contribution in [0.2, 0.25) is 0 Å². The summed E-state index contributed by atoms with van der Waals surface area (Å²) in [4.78, 5) is 10.5. The monoisotopic (exact) mass is 542 g/mol. The number of hydrogen-bond acceptors (Lipinski definition) is 8. The van der Waals surface area contributed by atoms with E-state index >= 15 is 0 Å². The number of rotatable bonds is 9. The van der Waals surface area contributed by atoms with Gasteiger partial charge in [0.1, 0.15) is 17.2 Å². The first-order valence-electron chi connectivity index (χ1n) is 13.3. The average Bonchev–Trinajstić information content (AvgIpc) is 3.41. The van der Waals surface area contributed by atoms with Gasteiger partial charge in [-0.2, -0.15) is 4.31 Å². The Morgan fingerprint density at radius 1 is 1.11 bits per heavy atom. The SMILES string of the molecule is COc1cc(S(=O)(=O)N2CCC(N3CCOCC3)CC2)ccc1Nc1cc(NCC(C)C)c2cc[nH]c2n1. The van der Waals surface area contributed by atoms with Crippen molar-refractivity contribution in [3.8, 4) is 5.75 Å². The maximum atomic E-state index is 13.5. The molecule has 2 aliphatic heterocycles. The van der Waals surface area contributed by atoms with Crippen LogP contribution in [-0.2, 0) is 14.8 Å². The lowest BCUT2D eigenvalue weighted by Gasteiger charge is -2.39. The standard InChI is InChI=1S/C27H38N6O4S/c1-19(2)18-29-24-17-26(31-27-22(24)6-9-28-27)30-23-5-4-21(16-25(23)36-3)38(34,35)33-10-7-20(8-11-33)32-12-14-37-15-13-32/h4-6,9,16-17,19-20H,7-8,10-15,18H2,1-3H3,(H3,28,29,30,31). The van der Waals surface area contributed by atoms with E-state index in [1.807, 2.05) is 18.3 Å². The zero-order chi connectivity index (χ0) is 26.7. The van der Waals surface area contributed by atoms with Crippen molar-refractivity contribution < 1.29 is 17.9 Å². The highest BCUT2D eigenvalue weighted by atomic mass is 32.2. The van der Waals surface area contributed by atoms with Crippen LogP contribution in [0.3, 0.4) is 0 Å². The summed E-state index contributed by atoms with van der Waals surface area (Å²) in [6.07, 6.45) is 3.53. The lowest BCUT2D eigenvalue weighted by Crippen LogP contribution is -2.50. The number of hydrogen-bond donors (Lipinski definition) is 3. The molecular weight excluding hydrogens is 504 g/mol. The lowest BCUT2D eigenvalue weighted by molar-refractivity contribution is 0.00610. The number of sulfonamides is 1. The van der Waals surface area contributed by atoms with Crippen LogP contribution in [0.4, 0.5) is 17.2 Å². The molecule has 0 bridgehead atoms. The van der Waals surface area contributed by atoms with E-state index in [0.717, 1.165) is 62.4 Å². The van der Waals surface area contributed by atoms with Gasteiger partial charge in [-0.1, -0.05) is 13.8 Å². The first kappa shape index (κ1) is 26.7. The minimum Gasteiger partial charge on any atom is -0.495 e. The first-order valence-corrected chi connectivity index (χ1v) is 14.8. The number of methoxy groups -OCH3 is 1. The third kappa shape index (κ3) is 5.75. The molecule has 10 nitrogen and oxygen atoms in total. The van der Waals surface area contributed by atoms with E-state index in [9.17, 15) is 8.42 Å². The largest absolute Gasteiger partial charge is 0.495 e. The Balaban J connectivity index is 1.32. The van der Waals surface area contributed by atoms with Gasteiger partial charge in [0.15, 0.2) is 0 Å². The summed E-state index contributed by atoms with van der Waals surface area (Å²) in [5.74, 6) is 1.57. The minimum atomic E-state index is -3.63. The molecule has 38 heavy (non-hydrogen) atoms. The molecule has 2 fully saturated rings. The molecule has 3 aromatic rings. The van der Waals surface area contributed by atoms with Crippen LogP contribution in [0.15, 0.2) is 41.4 Å². The number of ether oxygens (including phenoxy) is 2. The summed E-state index contributed by atoms with van der Waals surface area (Å²) in [6, 6.07) is 9.35. The number of nitrogens with one attached hydrogen (secondary N) is 3. The third-order valence-electron chi connectivity index (χ3n) is 7.29. The normalized spacial score (nSPS) is 18.2. The fraction of sp³-hybridized carbons (Fsp3) is 0.519. The maximum Gasteiger partial charge on any atom is 0.243 e. The average molecular weight is 543 g/mol. The van der Waals surface area contributed by atoms with Gasteiger partial charge in [0.25, 0.3) is 0 Å². The molecule has 0 atom stereocenters. The van der Waals surface area contributed by atoms with Gasteiger partial charge in [0.05, 0.1) is 30.9 Å². The number of nitrogens with zero attached hydrogens (tertiary/aromatic N) is 3. The van der Waals surface area contributed by atoms with Crippen LogP contribution < -0.4 is 15.4 Å². The predicted molar refractivity (Wildman–Crippen MR) is 150 cm³/mol. The molecule has 1 aromatic carbocycles. The number of H-pyrrole nitrogens is 1. The Morgan fingerprint density at radius 3 is 2.58 bits per heavy atom. The number of aromatic nitrogens is 2. The second kappa shape index (κ2) is 11.5. The van der Waals surface area contributed by atoms with Crippen molar-refractivity contribution in [2.75, 3.05) is 63.7 Å². The molecule has 11 heteroatoms. The van der Waals surface area contributed by atoms with Crippen LogP contribution >= 0.6 is 0 Å². The van der Waals surface area contributed by atoms with Gasteiger partial charge in [-0.15, -0.1) is 0 Å². The van der Waals surface area contributed by atoms with E-state index in [1.165, 1.54) is 0 Å². The highest BCUT2D eigenvalue weighted by Gasteiger charge is 2.32. The Hall–Kier alpha value is -2.86. The van der Waals surface area contributed by atoms with Crippen LogP contribution in [0.25, 0.3) is 11.0 Å². The molecule has 0 saturated carbocycles. The number of benzene rings is 1. The molecule has 0 unspecified atom stereocenters. The van der Waals surface area contributed by atoms with Crippen molar-refractivity contribution in [2.45, 2.75) is 37.6 Å². The fourth-order valence-electron chi connectivity index (χ4n) is 5.17. The van der Waals surface area contributed by atoms with Gasteiger partial charge in [-0.25, -0.2) is 13.4 Å². The molecule has 5 rings (SSSR count). The van der Waals surface area contributed by atoms with E-state index in [1.54, 1.807) is 29.6 Å². The zero-order valence-corrected chi connectivity index (χ0v) is 23.2. The molecule has 3 N–H and O–H groups in total. The number of piperidine rings is 1.